The standard InChI is InChI=1S/C22H30N4OS/c1-25(13-17-5-3-2-4-6-17)14-19-15-26-9-7-18(19)11-21(26)12-23-22(27)24-20-8-10-28-16-20/h2-6,8,10,16,18-19,21H,7,9,11-15H2,1H3,(H2,23,24,27)/t18-,19-,21+/m0/s1. The Hall–Kier alpha value is -1.89. The highest BCUT2D eigenvalue weighted by Crippen LogP contribution is 2.36. The molecule has 3 aliphatic rings. The lowest BCUT2D eigenvalue weighted by molar-refractivity contribution is -0.00889. The zero-order chi connectivity index (χ0) is 19.3. The number of fused-ring (bicyclic) bond motifs is 3. The number of thiophene rings is 1. The van der Waals surface area contributed by atoms with Crippen molar-refractivity contribution in [3.05, 3.63) is 52.7 Å². The summed E-state index contributed by atoms with van der Waals surface area (Å²) in [5.41, 5.74) is 2.25. The van der Waals surface area contributed by atoms with Crippen LogP contribution in [-0.4, -0.2) is 55.1 Å². The van der Waals surface area contributed by atoms with Crippen LogP contribution in [0.2, 0.25) is 0 Å². The van der Waals surface area contributed by atoms with Crippen LogP contribution in [0.25, 0.3) is 0 Å². The van der Waals surface area contributed by atoms with Crippen LogP contribution in [0.5, 0.6) is 0 Å². The van der Waals surface area contributed by atoms with E-state index in [0.717, 1.165) is 43.7 Å². The minimum Gasteiger partial charge on any atom is -0.336 e. The highest BCUT2D eigenvalue weighted by Gasteiger charge is 2.40. The lowest BCUT2D eigenvalue weighted by Gasteiger charge is -2.50. The van der Waals surface area contributed by atoms with Gasteiger partial charge in [0.15, 0.2) is 0 Å². The van der Waals surface area contributed by atoms with E-state index in [2.05, 4.69) is 57.8 Å². The molecule has 4 atom stereocenters. The number of rotatable bonds is 7. The van der Waals surface area contributed by atoms with Crippen LogP contribution in [0.4, 0.5) is 10.5 Å². The lowest BCUT2D eigenvalue weighted by Crippen LogP contribution is -2.58. The van der Waals surface area contributed by atoms with Gasteiger partial charge in [0, 0.05) is 37.6 Å². The molecule has 3 fully saturated rings. The number of nitrogens with zero attached hydrogens (tertiary/aromatic N) is 2. The molecule has 2 N–H and O–H groups in total. The summed E-state index contributed by atoms with van der Waals surface area (Å²) < 4.78 is 0. The van der Waals surface area contributed by atoms with E-state index in [1.807, 2.05) is 16.8 Å². The number of hydrogen-bond donors (Lipinski definition) is 2. The maximum atomic E-state index is 12.1. The zero-order valence-electron chi connectivity index (χ0n) is 16.5. The predicted octanol–water partition coefficient (Wildman–Crippen LogP) is 3.71. The van der Waals surface area contributed by atoms with Gasteiger partial charge >= 0.3 is 6.03 Å². The average Bonchev–Trinajstić information content (AvgIpc) is 3.21. The molecule has 0 saturated carbocycles. The number of amides is 2. The third-order valence-corrected chi connectivity index (χ3v) is 6.82. The minimum atomic E-state index is -0.0970. The van der Waals surface area contributed by atoms with E-state index in [-0.39, 0.29) is 6.03 Å². The Labute approximate surface area is 171 Å². The van der Waals surface area contributed by atoms with E-state index in [1.165, 1.54) is 24.9 Å². The van der Waals surface area contributed by atoms with Crippen molar-refractivity contribution in [2.24, 2.45) is 11.8 Å². The Bertz CT molecular complexity index is 751. The molecular formula is C22H30N4OS. The Morgan fingerprint density at radius 2 is 2.14 bits per heavy atom. The Balaban J connectivity index is 1.23. The monoisotopic (exact) mass is 398 g/mol. The zero-order valence-corrected chi connectivity index (χ0v) is 17.3. The molecule has 6 heteroatoms. The highest BCUT2D eigenvalue weighted by atomic mass is 32.1. The number of benzene rings is 1. The molecule has 0 spiro atoms. The van der Waals surface area contributed by atoms with Crippen molar-refractivity contribution in [3.8, 4) is 0 Å². The summed E-state index contributed by atoms with van der Waals surface area (Å²) in [6.07, 6.45) is 2.49. The van der Waals surface area contributed by atoms with Gasteiger partial charge in [-0.3, -0.25) is 4.90 Å². The first-order valence-corrected chi connectivity index (χ1v) is 11.1. The van der Waals surface area contributed by atoms with Crippen LogP contribution in [0, 0.1) is 11.8 Å². The predicted molar refractivity (Wildman–Crippen MR) is 116 cm³/mol. The summed E-state index contributed by atoms with van der Waals surface area (Å²) in [5, 5.41) is 9.88. The second kappa shape index (κ2) is 9.07. The Morgan fingerprint density at radius 1 is 1.29 bits per heavy atom. The number of carbonyl (C=O) groups is 1. The molecular weight excluding hydrogens is 368 g/mol. The first kappa shape index (κ1) is 19.4. The fourth-order valence-corrected chi connectivity index (χ4v) is 5.34. The number of urea groups is 1. The average molecular weight is 399 g/mol. The largest absolute Gasteiger partial charge is 0.336 e. The third kappa shape index (κ3) is 4.93. The molecule has 3 saturated heterocycles. The molecule has 5 nitrogen and oxygen atoms in total. The van der Waals surface area contributed by atoms with E-state index in [1.54, 1.807) is 11.3 Å². The van der Waals surface area contributed by atoms with Crippen LogP contribution in [-0.2, 0) is 6.54 Å². The van der Waals surface area contributed by atoms with Gasteiger partial charge in [0.2, 0.25) is 0 Å². The number of nitrogens with one attached hydrogen (secondary N) is 2. The fraction of sp³-hybridized carbons (Fsp3) is 0.500. The lowest BCUT2D eigenvalue weighted by atomic mass is 9.75. The van der Waals surface area contributed by atoms with E-state index in [4.69, 9.17) is 0 Å². The maximum Gasteiger partial charge on any atom is 0.319 e. The van der Waals surface area contributed by atoms with Crippen molar-refractivity contribution >= 4 is 23.1 Å². The summed E-state index contributed by atoms with van der Waals surface area (Å²) >= 11 is 1.59. The minimum absolute atomic E-state index is 0.0970. The smallest absolute Gasteiger partial charge is 0.319 e. The van der Waals surface area contributed by atoms with Crippen molar-refractivity contribution < 1.29 is 4.79 Å². The Kier molecular flexibility index (Phi) is 6.29. The van der Waals surface area contributed by atoms with Gasteiger partial charge in [0.1, 0.15) is 0 Å². The molecule has 0 radical (unpaired) electrons. The number of anilines is 1. The van der Waals surface area contributed by atoms with Crippen molar-refractivity contribution in [2.45, 2.75) is 25.4 Å². The fourth-order valence-electron chi connectivity index (χ4n) is 4.75. The van der Waals surface area contributed by atoms with Gasteiger partial charge in [0.05, 0.1) is 5.69 Å². The number of carbonyl (C=O) groups excluding carboxylic acids is 1. The van der Waals surface area contributed by atoms with Gasteiger partial charge < -0.3 is 15.5 Å². The van der Waals surface area contributed by atoms with E-state index in [0.29, 0.717) is 6.04 Å². The SMILES string of the molecule is CN(Cc1ccccc1)C[C@H]1CN2CC[C@H]1C[C@@H]2CNC(=O)Nc1ccsc1. The van der Waals surface area contributed by atoms with Gasteiger partial charge in [-0.25, -0.2) is 4.79 Å². The highest BCUT2D eigenvalue weighted by molar-refractivity contribution is 7.08. The van der Waals surface area contributed by atoms with Crippen LogP contribution >= 0.6 is 11.3 Å². The molecule has 2 bridgehead atoms. The van der Waals surface area contributed by atoms with Gasteiger partial charge in [0.25, 0.3) is 0 Å². The molecule has 4 heterocycles. The molecule has 5 rings (SSSR count). The van der Waals surface area contributed by atoms with Gasteiger partial charge in [-0.05, 0) is 55.3 Å². The molecule has 150 valence electrons. The molecule has 28 heavy (non-hydrogen) atoms. The molecule has 1 unspecified atom stereocenters. The molecule has 0 aliphatic carbocycles. The third-order valence-electron chi connectivity index (χ3n) is 6.13. The van der Waals surface area contributed by atoms with Gasteiger partial charge in [-0.15, -0.1) is 0 Å². The van der Waals surface area contributed by atoms with E-state index >= 15 is 0 Å². The van der Waals surface area contributed by atoms with Crippen molar-refractivity contribution in [1.82, 2.24) is 15.1 Å². The summed E-state index contributed by atoms with van der Waals surface area (Å²) in [6, 6.07) is 13.0. The van der Waals surface area contributed by atoms with E-state index in [9.17, 15) is 4.79 Å². The molecule has 1 aromatic carbocycles. The van der Waals surface area contributed by atoms with Crippen LogP contribution in [0.1, 0.15) is 18.4 Å². The van der Waals surface area contributed by atoms with E-state index < -0.39 is 0 Å². The molecule has 1 aromatic heterocycles. The maximum absolute atomic E-state index is 12.1. The topological polar surface area (TPSA) is 47.6 Å². The normalized spacial score (nSPS) is 26.4. The number of hydrogen-bond acceptors (Lipinski definition) is 4. The van der Waals surface area contributed by atoms with Crippen LogP contribution in [0.15, 0.2) is 47.2 Å². The quantitative estimate of drug-likeness (QED) is 0.747. The molecule has 2 amide bonds. The molecule has 2 aromatic rings. The second-order valence-electron chi connectivity index (χ2n) is 8.22. The van der Waals surface area contributed by atoms with Gasteiger partial charge in [-0.2, -0.15) is 11.3 Å². The summed E-state index contributed by atoms with van der Waals surface area (Å²) in [4.78, 5) is 17.2. The summed E-state index contributed by atoms with van der Waals surface area (Å²) in [5.74, 6) is 1.51. The molecule has 3 aliphatic heterocycles. The summed E-state index contributed by atoms with van der Waals surface area (Å²) in [6.45, 7) is 5.22. The summed E-state index contributed by atoms with van der Waals surface area (Å²) in [7, 11) is 2.23. The van der Waals surface area contributed by atoms with Crippen molar-refractivity contribution in [2.75, 3.05) is 38.5 Å². The van der Waals surface area contributed by atoms with Crippen molar-refractivity contribution in [1.29, 1.82) is 0 Å². The van der Waals surface area contributed by atoms with Crippen LogP contribution in [0.3, 0.4) is 0 Å². The Morgan fingerprint density at radius 3 is 2.86 bits per heavy atom. The second-order valence-corrected chi connectivity index (χ2v) is 9.00. The first-order chi connectivity index (χ1) is 13.7. The van der Waals surface area contributed by atoms with Gasteiger partial charge in [-0.1, -0.05) is 30.3 Å². The van der Waals surface area contributed by atoms with Crippen molar-refractivity contribution in [3.63, 3.8) is 0 Å². The van der Waals surface area contributed by atoms with Crippen LogP contribution < -0.4 is 10.6 Å². The number of piperidine rings is 3. The first-order valence-electron chi connectivity index (χ1n) is 10.2.